The van der Waals surface area contributed by atoms with Crippen molar-refractivity contribution in [3.63, 3.8) is 0 Å². The molecule has 3 N–H and O–H groups in total. The first-order valence-corrected chi connectivity index (χ1v) is 30.9. The first kappa shape index (κ1) is 67.0. The summed E-state index contributed by atoms with van der Waals surface area (Å²) in [5, 5.41) is 27.8. The van der Waals surface area contributed by atoms with Crippen LogP contribution in [0.1, 0.15) is 102 Å². The van der Waals surface area contributed by atoms with Gasteiger partial charge in [0.1, 0.15) is 19.8 Å². The van der Waals surface area contributed by atoms with Crippen LogP contribution in [0.2, 0.25) is 0 Å². The van der Waals surface area contributed by atoms with Crippen molar-refractivity contribution in [2.45, 2.75) is 81.2 Å². The summed E-state index contributed by atoms with van der Waals surface area (Å²) >= 11 is 25.9. The Bertz CT molecular complexity index is 2130. The zero-order chi connectivity index (χ0) is 51.1. The van der Waals surface area contributed by atoms with E-state index in [4.69, 9.17) is 14.2 Å². The summed E-state index contributed by atoms with van der Waals surface area (Å²) in [6, 6.07) is 0. The van der Waals surface area contributed by atoms with E-state index in [0.29, 0.717) is 46.3 Å². The van der Waals surface area contributed by atoms with Crippen molar-refractivity contribution in [2.75, 3.05) is 0 Å². The summed E-state index contributed by atoms with van der Waals surface area (Å²) in [6.07, 6.45) is 2.00. The third-order valence-corrected chi connectivity index (χ3v) is 24.8. The smallest absolute Gasteiger partial charge is 0.302 e. The zero-order valence-electron chi connectivity index (χ0n) is 35.0. The number of aldehydes is 3. The highest BCUT2D eigenvalue weighted by atomic mass is 127. The van der Waals surface area contributed by atoms with Gasteiger partial charge in [0.2, 0.25) is 0 Å². The zero-order valence-corrected chi connectivity index (χ0v) is 60.9. The van der Waals surface area contributed by atoms with E-state index < -0.39 is 0 Å². The van der Waals surface area contributed by atoms with Gasteiger partial charge in [-0.2, -0.15) is 0 Å². The van der Waals surface area contributed by atoms with Crippen LogP contribution in [0, 0.1) is 63.6 Å². The molecule has 0 bridgehead atoms. The van der Waals surface area contributed by atoms with E-state index in [0.717, 1.165) is 54.8 Å². The van der Waals surface area contributed by atoms with Crippen LogP contribution >= 0.6 is 271 Å². The predicted molar refractivity (Wildman–Crippen MR) is 353 cm³/mol. The van der Waals surface area contributed by atoms with Crippen LogP contribution in [0.15, 0.2) is 0 Å². The fraction of sp³-hybridized carbons (Fsp3) is 0.286. The Morgan fingerprint density at radius 2 is 0.545 bits per heavy atom. The minimum absolute atomic E-state index is 0.0759. The van der Waals surface area contributed by atoms with Crippen molar-refractivity contribution in [2.24, 2.45) is 0 Å². The molecule has 0 aromatic heterocycles. The number of ether oxygens (including phenoxy) is 3. The van der Waals surface area contributed by atoms with Crippen LogP contribution in [0.5, 0.6) is 0 Å². The molecule has 0 aliphatic rings. The molecule has 4 aromatic rings. The Balaban J connectivity index is 0.000000456. The molecule has 0 aliphatic heterocycles. The van der Waals surface area contributed by atoms with E-state index in [1.807, 2.05) is 67.8 Å². The average Bonchev–Trinajstić information content (AvgIpc) is 3.25. The SMILES string of the molecule is CC(=O)OCc1c(I)c(COC(C)=O)c(I)c(COC(C)=O)c1I.Cc1c(I)c(C)c(I)c(C)c1I.O=Cc1c(I)c(C=O)c(I)c(C=O)c1I.OCc1c(I)c(CO)c(I)c(CO)c1I. The van der Waals surface area contributed by atoms with Gasteiger partial charge in [-0.3, -0.25) is 28.8 Å². The number of aliphatic hydroxyl groups excluding tert-OH is 3. The normalized spacial score (nSPS) is 10.3. The number of rotatable bonds is 12. The molecule has 0 aliphatic carbocycles. The molecular weight excluding hydrogens is 2220 g/mol. The first-order valence-electron chi connectivity index (χ1n) is 18.0. The van der Waals surface area contributed by atoms with Crippen LogP contribution in [-0.4, -0.2) is 52.1 Å². The highest BCUT2D eigenvalue weighted by molar-refractivity contribution is 14.1. The summed E-state index contributed by atoms with van der Waals surface area (Å²) < 4.78 is 26.6. The van der Waals surface area contributed by atoms with Crippen molar-refractivity contribution < 1.29 is 58.3 Å². The van der Waals surface area contributed by atoms with E-state index in [-0.39, 0.29) is 57.5 Å². The topological polar surface area (TPSA) is 191 Å². The van der Waals surface area contributed by atoms with Gasteiger partial charge in [0, 0.05) is 114 Å². The summed E-state index contributed by atoms with van der Waals surface area (Å²) in [6.45, 7) is 10.7. The van der Waals surface area contributed by atoms with Crippen molar-refractivity contribution in [1.82, 2.24) is 0 Å². The van der Waals surface area contributed by atoms with Crippen LogP contribution in [-0.2, 0) is 68.2 Å². The van der Waals surface area contributed by atoms with Gasteiger partial charge in [-0.15, -0.1) is 0 Å². The quantitative estimate of drug-likeness (QED) is 0.0527. The summed E-state index contributed by atoms with van der Waals surface area (Å²) in [5.41, 5.74) is 10.2. The Labute approximate surface area is 546 Å². The van der Waals surface area contributed by atoms with Crippen molar-refractivity contribution >= 4 is 308 Å². The van der Waals surface area contributed by atoms with Crippen LogP contribution < -0.4 is 0 Å². The lowest BCUT2D eigenvalue weighted by Gasteiger charge is -2.19. The van der Waals surface area contributed by atoms with Gasteiger partial charge < -0.3 is 29.5 Å². The molecule has 0 saturated carbocycles. The molecule has 0 heterocycles. The molecule has 4 aromatic carbocycles. The number of carbonyl (C=O) groups is 6. The highest BCUT2D eigenvalue weighted by Gasteiger charge is 2.23. The minimum Gasteiger partial charge on any atom is -0.461 e. The number of halogens is 12. The van der Waals surface area contributed by atoms with Gasteiger partial charge in [-0.05, 0) is 309 Å². The summed E-state index contributed by atoms with van der Waals surface area (Å²) in [4.78, 5) is 66.0. The van der Waals surface area contributed by atoms with Gasteiger partial charge in [-0.25, -0.2) is 0 Å². The number of carbonyl (C=O) groups excluding carboxylic acids is 6. The summed E-state index contributed by atoms with van der Waals surface area (Å²) in [5.74, 6) is -1.16. The van der Waals surface area contributed by atoms with Crippen molar-refractivity contribution in [3.05, 3.63) is 110 Å². The molecule has 360 valence electrons. The second kappa shape index (κ2) is 33.1. The lowest BCUT2D eigenvalue weighted by Crippen LogP contribution is -2.13. The lowest BCUT2D eigenvalue weighted by molar-refractivity contribution is -0.143. The molecule has 0 spiro atoms. The van der Waals surface area contributed by atoms with Gasteiger partial charge in [-0.1, -0.05) is 0 Å². The van der Waals surface area contributed by atoms with Gasteiger partial charge in [0.05, 0.1) is 19.8 Å². The third-order valence-electron chi connectivity index (χ3n) is 8.66. The summed E-state index contributed by atoms with van der Waals surface area (Å²) in [7, 11) is 0. The Hall–Kier alpha value is 2.94. The van der Waals surface area contributed by atoms with Gasteiger partial charge in [0.15, 0.2) is 18.9 Å². The predicted octanol–water partition coefficient (Wildman–Crippen LogP) is 13.0. The fourth-order valence-corrected chi connectivity index (χ4v) is 20.5. The van der Waals surface area contributed by atoms with E-state index in [9.17, 15) is 44.1 Å². The number of hydrogen-bond donors (Lipinski definition) is 3. The van der Waals surface area contributed by atoms with Gasteiger partial charge in [0.25, 0.3) is 0 Å². The maximum absolute atomic E-state index is 11.1. The molecule has 0 amide bonds. The molecule has 0 saturated heterocycles. The van der Waals surface area contributed by atoms with Crippen LogP contribution in [0.3, 0.4) is 0 Å². The Kier molecular flexibility index (Phi) is 33.6. The highest BCUT2D eigenvalue weighted by Crippen LogP contribution is 2.35. The monoisotopic (exact) mass is 2260 g/mol. The van der Waals surface area contributed by atoms with E-state index in [1.54, 1.807) is 0 Å². The largest absolute Gasteiger partial charge is 0.461 e. The minimum atomic E-state index is -0.386. The molecule has 0 atom stereocenters. The number of aliphatic hydroxyl groups is 3. The molecule has 66 heavy (non-hydrogen) atoms. The van der Waals surface area contributed by atoms with Crippen LogP contribution in [0.25, 0.3) is 0 Å². The second-order valence-corrected chi connectivity index (χ2v) is 25.9. The maximum Gasteiger partial charge on any atom is 0.302 e. The molecule has 4 rings (SSSR count). The van der Waals surface area contributed by atoms with Crippen molar-refractivity contribution in [1.29, 1.82) is 0 Å². The van der Waals surface area contributed by atoms with Gasteiger partial charge >= 0.3 is 17.9 Å². The van der Waals surface area contributed by atoms with E-state index in [1.165, 1.54) is 48.2 Å². The maximum atomic E-state index is 11.1. The standard InChI is InChI=1S/C15H15I3O6.C9H9I3O3.C9H3I3O3.C9H9I3/c1-7(19)22-4-10-13(16)11(5-23-8(2)20)15(18)12(14(10)17)6-24-9(3)21;2*10-7-4(1-13)8(11)6(3-15)9(12)5(7)2-14;1-4-7(10)5(2)9(12)6(3)8(4)11/h4-6H2,1-3H3;13-15H,1-3H2;1-3H;1-3H3. The Morgan fingerprint density at radius 3 is 0.697 bits per heavy atom. The average molecular weight is 2260 g/mol. The first-order chi connectivity index (χ1) is 30.8. The number of benzene rings is 4. The van der Waals surface area contributed by atoms with E-state index in [2.05, 4.69) is 224 Å². The molecular formula is C42H36I12O12. The third kappa shape index (κ3) is 18.4. The lowest BCUT2D eigenvalue weighted by atomic mass is 10.1. The molecule has 12 nitrogen and oxygen atoms in total. The fourth-order valence-electron chi connectivity index (χ4n) is 5.16. The second-order valence-electron chi connectivity index (χ2n) is 12.9. The van der Waals surface area contributed by atoms with Crippen molar-refractivity contribution in [3.8, 4) is 0 Å². The Morgan fingerprint density at radius 1 is 0.364 bits per heavy atom. The molecule has 0 fully saturated rings. The van der Waals surface area contributed by atoms with Crippen LogP contribution in [0.4, 0.5) is 0 Å². The molecule has 24 heteroatoms. The number of hydrogen-bond acceptors (Lipinski definition) is 12. The molecule has 0 radical (unpaired) electrons. The number of esters is 3. The molecule has 0 unspecified atom stereocenters. The van der Waals surface area contributed by atoms with E-state index >= 15 is 0 Å².